The van der Waals surface area contributed by atoms with Crippen LogP contribution in [-0.4, -0.2) is 93.5 Å². The molecule has 2 amide bonds. The Morgan fingerprint density at radius 3 is 2.23 bits per heavy atom. The highest BCUT2D eigenvalue weighted by molar-refractivity contribution is 5.87. The largest absolute Gasteiger partial charge is 0.468 e. The van der Waals surface area contributed by atoms with Crippen molar-refractivity contribution in [2.24, 2.45) is 0 Å². The van der Waals surface area contributed by atoms with Crippen LogP contribution in [0.25, 0.3) is 0 Å². The molecular formula is C19H30N2O10. The number of carbonyl (C=O) groups excluding carboxylic acids is 3. The Morgan fingerprint density at radius 2 is 1.58 bits per heavy atom. The van der Waals surface area contributed by atoms with E-state index in [1.54, 1.807) is 13.8 Å². The number of rotatable bonds is 8. The van der Waals surface area contributed by atoms with E-state index < -0.39 is 54.0 Å². The number of fused-ring (bicyclic) bond motifs is 1. The molecule has 0 radical (unpaired) electrons. The highest BCUT2D eigenvalue weighted by Crippen LogP contribution is 2.42. The molecule has 3 rings (SSSR count). The number of nitrogens with one attached hydrogen (secondary N) is 2. The second kappa shape index (κ2) is 9.35. The first-order valence-electron chi connectivity index (χ1n) is 10.0. The van der Waals surface area contributed by atoms with E-state index in [1.165, 1.54) is 7.11 Å². The van der Waals surface area contributed by atoms with Crippen LogP contribution >= 0.6 is 0 Å². The van der Waals surface area contributed by atoms with Gasteiger partial charge in [-0.15, -0.1) is 0 Å². The van der Waals surface area contributed by atoms with Crippen molar-refractivity contribution in [2.45, 2.75) is 70.0 Å². The Hall–Kier alpha value is -1.83. The number of hydrogen-bond donors (Lipinski definition) is 2. The molecule has 12 nitrogen and oxygen atoms in total. The van der Waals surface area contributed by atoms with Crippen molar-refractivity contribution in [3.8, 4) is 0 Å². The van der Waals surface area contributed by atoms with Crippen molar-refractivity contribution in [3.05, 3.63) is 0 Å². The summed E-state index contributed by atoms with van der Waals surface area (Å²) in [4.78, 5) is 34.7. The molecule has 12 heteroatoms. The third-order valence-corrected chi connectivity index (χ3v) is 4.93. The number of ether oxygens (including phenoxy) is 7. The van der Waals surface area contributed by atoms with Crippen LogP contribution in [0.5, 0.6) is 0 Å². The number of carbonyl (C=O) groups is 3. The van der Waals surface area contributed by atoms with Gasteiger partial charge in [-0.2, -0.15) is 0 Å². The lowest BCUT2D eigenvalue weighted by Crippen LogP contribution is -2.41. The molecular weight excluding hydrogens is 416 g/mol. The Kier molecular flexibility index (Phi) is 7.18. The van der Waals surface area contributed by atoms with Crippen LogP contribution in [0.2, 0.25) is 0 Å². The SMILES string of the molecule is COC(=O)CNC(=O)CNC(=O)CO[C@H]1O[C@H]([C@H]2COC(C)(C)O2)[C@@H]2OC(C)(C)O[C@H]12. The molecule has 3 aliphatic rings. The molecule has 3 fully saturated rings. The van der Waals surface area contributed by atoms with Gasteiger partial charge in [-0.25, -0.2) is 0 Å². The fourth-order valence-corrected chi connectivity index (χ4v) is 3.60. The van der Waals surface area contributed by atoms with Crippen LogP contribution in [0, 0.1) is 0 Å². The minimum Gasteiger partial charge on any atom is -0.468 e. The molecule has 5 atom stereocenters. The predicted molar refractivity (Wildman–Crippen MR) is 101 cm³/mol. The van der Waals surface area contributed by atoms with Gasteiger partial charge in [-0.3, -0.25) is 14.4 Å². The van der Waals surface area contributed by atoms with Crippen LogP contribution in [0.3, 0.4) is 0 Å². The predicted octanol–water partition coefficient (Wildman–Crippen LogP) is -1.20. The van der Waals surface area contributed by atoms with Crippen molar-refractivity contribution in [1.29, 1.82) is 0 Å². The van der Waals surface area contributed by atoms with Crippen LogP contribution in [0.1, 0.15) is 27.7 Å². The lowest BCUT2D eigenvalue weighted by atomic mass is 10.1. The summed E-state index contributed by atoms with van der Waals surface area (Å²) in [7, 11) is 1.21. The van der Waals surface area contributed by atoms with Gasteiger partial charge in [0, 0.05) is 0 Å². The fourth-order valence-electron chi connectivity index (χ4n) is 3.60. The Morgan fingerprint density at radius 1 is 0.903 bits per heavy atom. The Labute approximate surface area is 180 Å². The molecule has 0 aliphatic carbocycles. The van der Waals surface area contributed by atoms with Gasteiger partial charge in [0.15, 0.2) is 17.9 Å². The van der Waals surface area contributed by atoms with Gasteiger partial charge in [0.05, 0.1) is 20.3 Å². The summed E-state index contributed by atoms with van der Waals surface area (Å²) >= 11 is 0. The van der Waals surface area contributed by atoms with Crippen LogP contribution in [0.4, 0.5) is 0 Å². The minimum absolute atomic E-state index is 0.279. The molecule has 0 aromatic rings. The van der Waals surface area contributed by atoms with Gasteiger partial charge in [0.25, 0.3) is 0 Å². The normalized spacial score (nSPS) is 33.0. The molecule has 0 unspecified atom stereocenters. The molecule has 0 saturated carbocycles. The first-order chi connectivity index (χ1) is 14.5. The zero-order chi connectivity index (χ0) is 22.8. The summed E-state index contributed by atoms with van der Waals surface area (Å²) in [6, 6.07) is 0. The highest BCUT2D eigenvalue weighted by Gasteiger charge is 2.59. The van der Waals surface area contributed by atoms with Gasteiger partial charge in [0.1, 0.15) is 37.6 Å². The van der Waals surface area contributed by atoms with Crippen LogP contribution < -0.4 is 10.6 Å². The molecule has 176 valence electrons. The second-order valence-corrected chi connectivity index (χ2v) is 8.34. The standard InChI is InChI=1S/C19H30N2O10/c1-18(2)27-8-10(29-18)14-15-16(31-19(3,4)30-15)17(28-14)26-9-12(23)20-6-11(22)21-7-13(24)25-5/h10,14-17H,6-9H2,1-5H3,(H,20,23)(H,21,22)/t10-,14-,15+,16+,17+/m1/s1. The maximum atomic E-state index is 12.1. The molecule has 3 heterocycles. The van der Waals surface area contributed by atoms with Crippen molar-refractivity contribution in [2.75, 3.05) is 33.4 Å². The van der Waals surface area contributed by atoms with E-state index in [0.29, 0.717) is 6.61 Å². The first kappa shape index (κ1) is 23.8. The third kappa shape index (κ3) is 6.11. The van der Waals surface area contributed by atoms with E-state index in [4.69, 9.17) is 28.4 Å². The van der Waals surface area contributed by atoms with Gasteiger partial charge in [0.2, 0.25) is 11.8 Å². The molecule has 2 N–H and O–H groups in total. The molecule has 3 aliphatic heterocycles. The molecule has 0 aromatic heterocycles. The molecule has 3 saturated heterocycles. The van der Waals surface area contributed by atoms with Crippen molar-refractivity contribution < 1.29 is 47.5 Å². The molecule has 31 heavy (non-hydrogen) atoms. The Balaban J connectivity index is 1.48. The zero-order valence-corrected chi connectivity index (χ0v) is 18.3. The summed E-state index contributed by atoms with van der Waals surface area (Å²) in [6.45, 7) is 6.59. The molecule has 0 bridgehead atoms. The average molecular weight is 446 g/mol. The van der Waals surface area contributed by atoms with E-state index in [0.717, 1.165) is 0 Å². The monoisotopic (exact) mass is 446 g/mol. The Bertz CT molecular complexity index is 697. The van der Waals surface area contributed by atoms with Crippen LogP contribution in [-0.2, 0) is 47.5 Å². The topological polar surface area (TPSA) is 140 Å². The van der Waals surface area contributed by atoms with Crippen LogP contribution in [0.15, 0.2) is 0 Å². The highest BCUT2D eigenvalue weighted by atomic mass is 16.8. The van der Waals surface area contributed by atoms with E-state index in [-0.39, 0.29) is 25.8 Å². The summed E-state index contributed by atoms with van der Waals surface area (Å²) in [6.07, 6.45) is -2.73. The lowest BCUT2D eigenvalue weighted by Gasteiger charge is -2.26. The second-order valence-electron chi connectivity index (χ2n) is 8.34. The smallest absolute Gasteiger partial charge is 0.325 e. The van der Waals surface area contributed by atoms with Crippen molar-refractivity contribution in [3.63, 3.8) is 0 Å². The summed E-state index contributed by atoms with van der Waals surface area (Å²) in [5.41, 5.74) is 0. The molecule has 0 aromatic carbocycles. The van der Waals surface area contributed by atoms with Gasteiger partial charge >= 0.3 is 5.97 Å². The quantitative estimate of drug-likeness (QED) is 0.437. The zero-order valence-electron chi connectivity index (χ0n) is 18.3. The molecule has 0 spiro atoms. The maximum Gasteiger partial charge on any atom is 0.325 e. The van der Waals surface area contributed by atoms with Crippen molar-refractivity contribution >= 4 is 17.8 Å². The number of amides is 2. The summed E-state index contributed by atoms with van der Waals surface area (Å²) < 4.78 is 39.4. The third-order valence-electron chi connectivity index (χ3n) is 4.93. The number of esters is 1. The van der Waals surface area contributed by atoms with Gasteiger partial charge in [-0.05, 0) is 27.7 Å². The number of hydrogen-bond acceptors (Lipinski definition) is 10. The minimum atomic E-state index is -0.858. The summed E-state index contributed by atoms with van der Waals surface area (Å²) in [5.74, 6) is -3.23. The lowest BCUT2D eigenvalue weighted by molar-refractivity contribution is -0.246. The maximum absolute atomic E-state index is 12.1. The van der Waals surface area contributed by atoms with Crippen molar-refractivity contribution in [1.82, 2.24) is 10.6 Å². The van der Waals surface area contributed by atoms with E-state index >= 15 is 0 Å². The van der Waals surface area contributed by atoms with Gasteiger partial charge in [-0.1, -0.05) is 0 Å². The fraction of sp³-hybridized carbons (Fsp3) is 0.842. The average Bonchev–Trinajstić information content (AvgIpc) is 3.32. The van der Waals surface area contributed by atoms with E-state index in [9.17, 15) is 14.4 Å². The van der Waals surface area contributed by atoms with E-state index in [1.807, 2.05) is 13.8 Å². The summed E-state index contributed by atoms with van der Waals surface area (Å²) in [5, 5.41) is 4.71. The van der Waals surface area contributed by atoms with E-state index in [2.05, 4.69) is 15.4 Å². The van der Waals surface area contributed by atoms with Gasteiger partial charge < -0.3 is 43.8 Å². The first-order valence-corrected chi connectivity index (χ1v) is 10.0. The number of methoxy groups -OCH3 is 1.